The van der Waals surface area contributed by atoms with Gasteiger partial charge in [0.25, 0.3) is 17.7 Å². The van der Waals surface area contributed by atoms with Gasteiger partial charge in [0.1, 0.15) is 5.75 Å². The minimum absolute atomic E-state index is 0.0777. The lowest BCUT2D eigenvalue weighted by Gasteiger charge is -2.17. The van der Waals surface area contributed by atoms with Gasteiger partial charge in [-0.25, -0.2) is 4.79 Å². The Morgan fingerprint density at radius 2 is 1.91 bits per heavy atom. The third-order valence-corrected chi connectivity index (χ3v) is 5.33. The molecule has 0 aliphatic carbocycles. The fourth-order valence-electron chi connectivity index (χ4n) is 3.72. The number of carbonyl (C=O) groups excluding carboxylic acids is 4. The SMILES string of the molecule is COc1ccccc1NC(=O)COC(=O)c1ccc2c(c1)C(=O)N(C[C@H]1CCCO1)C2=O. The molecule has 2 heterocycles. The van der Waals surface area contributed by atoms with Crippen molar-refractivity contribution in [3.8, 4) is 5.75 Å². The minimum Gasteiger partial charge on any atom is -0.495 e. The average Bonchev–Trinajstić information content (AvgIpc) is 3.40. The van der Waals surface area contributed by atoms with Gasteiger partial charge in [-0.15, -0.1) is 0 Å². The molecule has 1 fully saturated rings. The minimum atomic E-state index is -0.777. The van der Waals surface area contributed by atoms with Crippen molar-refractivity contribution in [2.45, 2.75) is 18.9 Å². The number of rotatable bonds is 7. The van der Waals surface area contributed by atoms with Crippen molar-refractivity contribution in [2.75, 3.05) is 32.2 Å². The Kier molecular flexibility index (Phi) is 6.18. The van der Waals surface area contributed by atoms with E-state index in [1.807, 2.05) is 0 Å². The van der Waals surface area contributed by atoms with Crippen LogP contribution >= 0.6 is 0 Å². The Balaban J connectivity index is 1.38. The number of amides is 3. The summed E-state index contributed by atoms with van der Waals surface area (Å²) in [6, 6.07) is 11.0. The fraction of sp³-hybridized carbons (Fsp3) is 0.304. The summed E-state index contributed by atoms with van der Waals surface area (Å²) in [4.78, 5) is 51.0. The summed E-state index contributed by atoms with van der Waals surface area (Å²) in [5.74, 6) is -1.72. The number of para-hydroxylation sites is 2. The predicted octanol–water partition coefficient (Wildman–Crippen LogP) is 2.27. The molecule has 0 aromatic heterocycles. The maximum absolute atomic E-state index is 12.7. The molecule has 1 saturated heterocycles. The zero-order chi connectivity index (χ0) is 22.7. The molecule has 0 spiro atoms. The molecule has 166 valence electrons. The lowest BCUT2D eigenvalue weighted by atomic mass is 10.1. The summed E-state index contributed by atoms with van der Waals surface area (Å²) in [5.41, 5.74) is 0.900. The monoisotopic (exact) mass is 438 g/mol. The van der Waals surface area contributed by atoms with Gasteiger partial charge in [-0.2, -0.15) is 0 Å². The van der Waals surface area contributed by atoms with Gasteiger partial charge < -0.3 is 19.5 Å². The van der Waals surface area contributed by atoms with E-state index in [4.69, 9.17) is 14.2 Å². The highest BCUT2D eigenvalue weighted by Gasteiger charge is 2.38. The van der Waals surface area contributed by atoms with Crippen molar-refractivity contribution in [1.82, 2.24) is 4.90 Å². The molecule has 9 heteroatoms. The normalized spacial score (nSPS) is 17.3. The Morgan fingerprint density at radius 3 is 2.66 bits per heavy atom. The highest BCUT2D eigenvalue weighted by Crippen LogP contribution is 2.26. The molecule has 4 rings (SSSR count). The second-order valence-electron chi connectivity index (χ2n) is 7.44. The van der Waals surface area contributed by atoms with Crippen LogP contribution in [0.15, 0.2) is 42.5 Å². The van der Waals surface area contributed by atoms with Crippen LogP contribution in [0.5, 0.6) is 5.75 Å². The Hall–Kier alpha value is -3.72. The Bertz CT molecular complexity index is 1080. The number of methoxy groups -OCH3 is 1. The van der Waals surface area contributed by atoms with E-state index in [0.29, 0.717) is 18.0 Å². The van der Waals surface area contributed by atoms with Gasteiger partial charge in [0.05, 0.1) is 42.1 Å². The summed E-state index contributed by atoms with van der Waals surface area (Å²) < 4.78 is 15.7. The van der Waals surface area contributed by atoms with Crippen molar-refractivity contribution in [2.24, 2.45) is 0 Å². The first kappa shape index (κ1) is 21.5. The van der Waals surface area contributed by atoms with E-state index in [0.717, 1.165) is 17.7 Å². The Morgan fingerprint density at radius 1 is 1.12 bits per heavy atom. The first-order valence-corrected chi connectivity index (χ1v) is 10.2. The van der Waals surface area contributed by atoms with Crippen molar-refractivity contribution >= 4 is 29.4 Å². The zero-order valence-corrected chi connectivity index (χ0v) is 17.5. The van der Waals surface area contributed by atoms with Crippen LogP contribution in [-0.2, 0) is 14.3 Å². The van der Waals surface area contributed by atoms with Crippen LogP contribution in [0, 0.1) is 0 Å². The van der Waals surface area contributed by atoms with Crippen molar-refractivity contribution in [1.29, 1.82) is 0 Å². The van der Waals surface area contributed by atoms with E-state index < -0.39 is 30.3 Å². The number of fused-ring (bicyclic) bond motifs is 1. The molecular formula is C23H22N2O7. The van der Waals surface area contributed by atoms with Crippen LogP contribution in [0.2, 0.25) is 0 Å². The lowest BCUT2D eigenvalue weighted by Crippen LogP contribution is -2.36. The molecule has 1 atom stereocenters. The molecule has 32 heavy (non-hydrogen) atoms. The van der Waals surface area contributed by atoms with Crippen LogP contribution < -0.4 is 10.1 Å². The Labute approximate surface area is 184 Å². The van der Waals surface area contributed by atoms with E-state index in [1.165, 1.54) is 25.3 Å². The summed E-state index contributed by atoms with van der Waals surface area (Å²) in [5, 5.41) is 2.60. The number of nitrogens with one attached hydrogen (secondary N) is 1. The smallest absolute Gasteiger partial charge is 0.338 e. The van der Waals surface area contributed by atoms with Crippen LogP contribution in [-0.4, -0.2) is 61.6 Å². The second-order valence-corrected chi connectivity index (χ2v) is 7.44. The third kappa shape index (κ3) is 4.33. The quantitative estimate of drug-likeness (QED) is 0.521. The van der Waals surface area contributed by atoms with E-state index in [-0.39, 0.29) is 29.3 Å². The van der Waals surface area contributed by atoms with Crippen molar-refractivity contribution in [3.63, 3.8) is 0 Å². The topological polar surface area (TPSA) is 111 Å². The first-order valence-electron chi connectivity index (χ1n) is 10.2. The van der Waals surface area contributed by atoms with E-state index in [1.54, 1.807) is 24.3 Å². The maximum Gasteiger partial charge on any atom is 0.338 e. The number of esters is 1. The number of carbonyl (C=O) groups is 4. The summed E-state index contributed by atoms with van der Waals surface area (Å²) >= 11 is 0. The van der Waals surface area contributed by atoms with Gasteiger partial charge in [-0.1, -0.05) is 12.1 Å². The molecule has 0 bridgehead atoms. The number of anilines is 1. The molecule has 2 aliphatic rings. The molecule has 0 radical (unpaired) electrons. The van der Waals surface area contributed by atoms with Crippen LogP contribution in [0.4, 0.5) is 5.69 Å². The van der Waals surface area contributed by atoms with Gasteiger partial charge in [-0.05, 0) is 43.2 Å². The fourth-order valence-corrected chi connectivity index (χ4v) is 3.72. The molecular weight excluding hydrogens is 416 g/mol. The maximum atomic E-state index is 12.7. The van der Waals surface area contributed by atoms with E-state index in [9.17, 15) is 19.2 Å². The second kappa shape index (κ2) is 9.19. The summed E-state index contributed by atoms with van der Waals surface area (Å²) in [6.07, 6.45) is 1.53. The molecule has 3 amide bonds. The van der Waals surface area contributed by atoms with E-state index >= 15 is 0 Å². The summed E-state index contributed by atoms with van der Waals surface area (Å²) in [7, 11) is 1.48. The molecule has 2 aromatic carbocycles. The number of hydrogen-bond acceptors (Lipinski definition) is 7. The predicted molar refractivity (Wildman–Crippen MR) is 113 cm³/mol. The third-order valence-electron chi connectivity index (χ3n) is 5.33. The molecule has 0 saturated carbocycles. The summed E-state index contributed by atoms with van der Waals surface area (Å²) in [6.45, 7) is 0.287. The zero-order valence-electron chi connectivity index (χ0n) is 17.5. The molecule has 2 aromatic rings. The molecule has 1 N–H and O–H groups in total. The number of nitrogens with zero attached hydrogens (tertiary/aromatic N) is 1. The molecule has 2 aliphatic heterocycles. The number of imide groups is 1. The lowest BCUT2D eigenvalue weighted by molar-refractivity contribution is -0.119. The van der Waals surface area contributed by atoms with Gasteiger partial charge >= 0.3 is 5.97 Å². The number of hydrogen-bond donors (Lipinski definition) is 1. The van der Waals surface area contributed by atoms with Crippen LogP contribution in [0.1, 0.15) is 43.9 Å². The van der Waals surface area contributed by atoms with Gasteiger partial charge in [0.15, 0.2) is 6.61 Å². The van der Waals surface area contributed by atoms with Gasteiger partial charge in [-0.3, -0.25) is 19.3 Å². The van der Waals surface area contributed by atoms with Gasteiger partial charge in [0.2, 0.25) is 0 Å². The first-order chi connectivity index (χ1) is 15.5. The highest BCUT2D eigenvalue weighted by molar-refractivity contribution is 6.22. The van der Waals surface area contributed by atoms with Crippen molar-refractivity contribution < 1.29 is 33.4 Å². The molecule has 9 nitrogen and oxygen atoms in total. The van der Waals surface area contributed by atoms with Crippen LogP contribution in [0.3, 0.4) is 0 Å². The molecule has 0 unspecified atom stereocenters. The van der Waals surface area contributed by atoms with Gasteiger partial charge in [0, 0.05) is 6.61 Å². The van der Waals surface area contributed by atoms with E-state index in [2.05, 4.69) is 5.32 Å². The average molecular weight is 438 g/mol. The largest absolute Gasteiger partial charge is 0.495 e. The number of benzene rings is 2. The number of ether oxygens (including phenoxy) is 3. The standard InChI is InChI=1S/C23H22N2O7/c1-30-19-7-3-2-6-18(19)24-20(26)13-32-23(29)14-8-9-16-17(11-14)22(28)25(21(16)27)12-15-5-4-10-31-15/h2-3,6-9,11,15H,4-5,10,12-13H2,1H3,(H,24,26)/t15-/m1/s1. The highest BCUT2D eigenvalue weighted by atomic mass is 16.5. The van der Waals surface area contributed by atoms with Crippen LogP contribution in [0.25, 0.3) is 0 Å². The van der Waals surface area contributed by atoms with Crippen molar-refractivity contribution in [3.05, 3.63) is 59.2 Å².